The summed E-state index contributed by atoms with van der Waals surface area (Å²) < 4.78 is 20.4. The number of nitrogens with zero attached hydrogens (tertiary/aromatic N) is 1. The molecular weight excluding hydrogens is 323 g/mol. The number of pyridine rings is 1. The first-order valence-electron chi connectivity index (χ1n) is 6.27. The van der Waals surface area contributed by atoms with E-state index in [-0.39, 0.29) is 11.9 Å². The lowest BCUT2D eigenvalue weighted by Gasteiger charge is -2.17. The summed E-state index contributed by atoms with van der Waals surface area (Å²) in [5.41, 5.74) is 1.32. The van der Waals surface area contributed by atoms with E-state index < -0.39 is 0 Å². The highest BCUT2D eigenvalue weighted by Gasteiger charge is 2.14. The summed E-state index contributed by atoms with van der Waals surface area (Å²) in [6.07, 6.45) is 3.30. The average molecular weight is 339 g/mol. The van der Waals surface area contributed by atoms with Gasteiger partial charge in [0.2, 0.25) is 0 Å². The average Bonchev–Trinajstić information content (AvgIpc) is 2.42. The maximum absolute atomic E-state index is 13.8. The van der Waals surface area contributed by atoms with Gasteiger partial charge >= 0.3 is 0 Å². The summed E-state index contributed by atoms with van der Waals surface area (Å²) in [7, 11) is 1.83. The third-order valence-electron chi connectivity index (χ3n) is 3.10. The Kier molecular flexibility index (Phi) is 4.73. The van der Waals surface area contributed by atoms with Gasteiger partial charge in [-0.15, -0.1) is 0 Å². The largest absolute Gasteiger partial charge is 0.455 e. The third kappa shape index (κ3) is 3.35. The van der Waals surface area contributed by atoms with Crippen molar-refractivity contribution in [3.05, 3.63) is 52.0 Å². The Morgan fingerprint density at radius 1 is 1.30 bits per heavy atom. The number of benzene rings is 1. The second-order valence-electron chi connectivity index (χ2n) is 4.59. The normalized spacial score (nSPS) is 12.2. The number of rotatable bonds is 4. The fraction of sp³-hybridized carbons (Fsp3) is 0.267. The van der Waals surface area contributed by atoms with Crippen LogP contribution in [0.5, 0.6) is 11.5 Å². The molecular formula is C15H16BrFN2O. The molecule has 0 bridgehead atoms. The van der Waals surface area contributed by atoms with Crippen molar-refractivity contribution in [2.24, 2.45) is 0 Å². The lowest BCUT2D eigenvalue weighted by molar-refractivity contribution is 0.460. The van der Waals surface area contributed by atoms with E-state index in [2.05, 4.69) is 26.2 Å². The minimum atomic E-state index is -0.234. The lowest BCUT2D eigenvalue weighted by Crippen LogP contribution is -2.13. The number of hydrogen-bond acceptors (Lipinski definition) is 3. The molecule has 0 aliphatic rings. The maximum atomic E-state index is 13.8. The molecule has 1 unspecified atom stereocenters. The van der Waals surface area contributed by atoms with Crippen LogP contribution < -0.4 is 10.1 Å². The van der Waals surface area contributed by atoms with Gasteiger partial charge in [-0.2, -0.15) is 0 Å². The smallest absolute Gasteiger partial charge is 0.146 e. The van der Waals surface area contributed by atoms with Crippen LogP contribution in [-0.4, -0.2) is 12.0 Å². The van der Waals surface area contributed by atoms with Crippen molar-refractivity contribution >= 4 is 15.9 Å². The molecule has 1 N–H and O–H groups in total. The Balaban J connectivity index is 2.41. The molecule has 0 aliphatic carbocycles. The van der Waals surface area contributed by atoms with E-state index in [1.165, 1.54) is 6.07 Å². The first-order valence-corrected chi connectivity index (χ1v) is 7.06. The van der Waals surface area contributed by atoms with Crippen molar-refractivity contribution in [3.63, 3.8) is 0 Å². The van der Waals surface area contributed by atoms with Crippen molar-refractivity contribution in [3.8, 4) is 11.5 Å². The molecule has 0 aliphatic heterocycles. The molecule has 5 heteroatoms. The second kappa shape index (κ2) is 6.33. The molecule has 1 aromatic carbocycles. The number of nitrogens with one attached hydrogen (secondary N) is 1. The molecule has 106 valence electrons. The van der Waals surface area contributed by atoms with Crippen LogP contribution in [0.1, 0.15) is 24.1 Å². The van der Waals surface area contributed by atoms with E-state index >= 15 is 0 Å². The molecule has 1 heterocycles. The van der Waals surface area contributed by atoms with Crippen LogP contribution in [0, 0.1) is 12.7 Å². The van der Waals surface area contributed by atoms with Crippen LogP contribution in [0.2, 0.25) is 0 Å². The van der Waals surface area contributed by atoms with Gasteiger partial charge in [0.15, 0.2) is 0 Å². The van der Waals surface area contributed by atoms with Crippen LogP contribution in [0.25, 0.3) is 0 Å². The van der Waals surface area contributed by atoms with Crippen molar-refractivity contribution in [1.29, 1.82) is 0 Å². The monoisotopic (exact) mass is 338 g/mol. The fourth-order valence-electron chi connectivity index (χ4n) is 1.83. The topological polar surface area (TPSA) is 34.1 Å². The standard InChI is InChI=1S/C15H16BrFN2O/c1-9-4-15(13(6-14(9)17)10(2)18-3)20-12-5-11(16)7-19-8-12/h4-8,10,18H,1-3H3. The summed E-state index contributed by atoms with van der Waals surface area (Å²) in [6, 6.07) is 5.02. The molecule has 3 nitrogen and oxygen atoms in total. The molecule has 0 spiro atoms. The Hall–Kier alpha value is -1.46. The van der Waals surface area contributed by atoms with E-state index in [1.54, 1.807) is 25.4 Å². The van der Waals surface area contributed by atoms with Crippen LogP contribution >= 0.6 is 15.9 Å². The number of aryl methyl sites for hydroxylation is 1. The SMILES string of the molecule is CNC(C)c1cc(F)c(C)cc1Oc1cncc(Br)c1. The van der Waals surface area contributed by atoms with Crippen LogP contribution in [-0.2, 0) is 0 Å². The Labute approximate surface area is 126 Å². The van der Waals surface area contributed by atoms with E-state index in [1.807, 2.05) is 20.0 Å². The quantitative estimate of drug-likeness (QED) is 0.898. The molecule has 0 saturated heterocycles. The number of ether oxygens (including phenoxy) is 1. The predicted molar refractivity (Wildman–Crippen MR) is 80.6 cm³/mol. The van der Waals surface area contributed by atoms with Crippen LogP contribution in [0.15, 0.2) is 35.1 Å². The minimum absolute atomic E-state index is 0.0137. The lowest BCUT2D eigenvalue weighted by atomic mass is 10.0. The van der Waals surface area contributed by atoms with Gasteiger partial charge in [0.05, 0.1) is 6.20 Å². The van der Waals surface area contributed by atoms with Gasteiger partial charge in [-0.3, -0.25) is 4.98 Å². The Morgan fingerprint density at radius 2 is 2.05 bits per heavy atom. The molecule has 0 radical (unpaired) electrons. The molecule has 2 aromatic rings. The highest BCUT2D eigenvalue weighted by molar-refractivity contribution is 9.10. The predicted octanol–water partition coefficient (Wildman–Crippen LogP) is 4.36. The van der Waals surface area contributed by atoms with E-state index in [0.717, 1.165) is 10.0 Å². The van der Waals surface area contributed by atoms with Crippen LogP contribution in [0.3, 0.4) is 0 Å². The molecule has 1 atom stereocenters. The minimum Gasteiger partial charge on any atom is -0.455 e. The molecule has 0 fully saturated rings. The van der Waals surface area contributed by atoms with Gasteiger partial charge in [0.25, 0.3) is 0 Å². The maximum Gasteiger partial charge on any atom is 0.146 e. The molecule has 1 aromatic heterocycles. The number of aromatic nitrogens is 1. The Bertz CT molecular complexity index is 619. The highest BCUT2D eigenvalue weighted by Crippen LogP contribution is 2.32. The zero-order valence-corrected chi connectivity index (χ0v) is 13.2. The van der Waals surface area contributed by atoms with Crippen LogP contribution in [0.4, 0.5) is 4.39 Å². The van der Waals surface area contributed by atoms with Gasteiger partial charge in [0.1, 0.15) is 17.3 Å². The summed E-state index contributed by atoms with van der Waals surface area (Å²) in [5.74, 6) is 1.00. The molecule has 2 rings (SSSR count). The number of halogens is 2. The first kappa shape index (κ1) is 14.9. The van der Waals surface area contributed by atoms with E-state index in [0.29, 0.717) is 17.1 Å². The van der Waals surface area contributed by atoms with Gasteiger partial charge < -0.3 is 10.1 Å². The summed E-state index contributed by atoms with van der Waals surface area (Å²) >= 11 is 3.35. The van der Waals surface area contributed by atoms with Crippen molar-refractivity contribution in [2.45, 2.75) is 19.9 Å². The summed E-state index contributed by atoms with van der Waals surface area (Å²) in [4.78, 5) is 4.05. The summed E-state index contributed by atoms with van der Waals surface area (Å²) in [6.45, 7) is 3.67. The molecule has 0 saturated carbocycles. The van der Waals surface area contributed by atoms with Gasteiger partial charge in [0, 0.05) is 22.3 Å². The molecule has 0 amide bonds. The second-order valence-corrected chi connectivity index (χ2v) is 5.51. The zero-order chi connectivity index (χ0) is 14.7. The fourth-order valence-corrected chi connectivity index (χ4v) is 2.17. The highest BCUT2D eigenvalue weighted by atomic mass is 79.9. The summed E-state index contributed by atoms with van der Waals surface area (Å²) in [5, 5.41) is 3.09. The van der Waals surface area contributed by atoms with E-state index in [4.69, 9.17) is 4.74 Å². The van der Waals surface area contributed by atoms with Gasteiger partial charge in [-0.05, 0) is 60.6 Å². The van der Waals surface area contributed by atoms with E-state index in [9.17, 15) is 4.39 Å². The molecule has 20 heavy (non-hydrogen) atoms. The van der Waals surface area contributed by atoms with Crippen molar-refractivity contribution in [1.82, 2.24) is 10.3 Å². The number of hydrogen-bond donors (Lipinski definition) is 1. The third-order valence-corrected chi connectivity index (χ3v) is 3.53. The van der Waals surface area contributed by atoms with Crippen molar-refractivity contribution in [2.75, 3.05) is 7.05 Å². The van der Waals surface area contributed by atoms with Gasteiger partial charge in [-0.25, -0.2) is 4.39 Å². The van der Waals surface area contributed by atoms with Gasteiger partial charge in [-0.1, -0.05) is 0 Å². The first-order chi connectivity index (χ1) is 9.51. The van der Waals surface area contributed by atoms with Crippen molar-refractivity contribution < 1.29 is 9.13 Å². The zero-order valence-electron chi connectivity index (χ0n) is 11.6. The Morgan fingerprint density at radius 3 is 2.70 bits per heavy atom.